The summed E-state index contributed by atoms with van der Waals surface area (Å²) in [5.41, 5.74) is 18.2. The molecule has 0 saturated carbocycles. The molecule has 2 aromatic heterocycles. The van der Waals surface area contributed by atoms with Crippen LogP contribution in [0.4, 0.5) is 17.1 Å². The quantitative estimate of drug-likeness (QED) is 0.164. The fraction of sp³-hybridized carbons (Fsp3) is 0.0526. The summed E-state index contributed by atoms with van der Waals surface area (Å²) in [6.07, 6.45) is 0. The lowest BCUT2D eigenvalue weighted by atomic mass is 9.82. The predicted molar refractivity (Wildman–Crippen MR) is 253 cm³/mol. The van der Waals surface area contributed by atoms with Crippen molar-refractivity contribution in [3.05, 3.63) is 223 Å². The molecule has 1 aliphatic rings. The molecule has 0 aliphatic heterocycles. The number of aromatic nitrogens is 2. The van der Waals surface area contributed by atoms with Gasteiger partial charge in [-0.25, -0.2) is 0 Å². The molecule has 0 amide bonds. The molecule has 0 fully saturated rings. The minimum atomic E-state index is -0.0184. The van der Waals surface area contributed by atoms with Crippen LogP contribution in [0.5, 0.6) is 0 Å². The SMILES string of the molecule is CC1(C)c2ccccc2-c2cc(-c3ccc(N(c4ccc5c6ccccc6n(-c6ccccc6)c5c4)c4ccc5c6ccccc6n(-c6ccccc6)c5c4)cc3)ccc21. The van der Waals surface area contributed by atoms with Crippen molar-refractivity contribution in [3.8, 4) is 33.6 Å². The van der Waals surface area contributed by atoms with Gasteiger partial charge >= 0.3 is 0 Å². The standard InChI is InChI=1S/C57H41N3/c1-57(2)51-22-12-9-19-45(51)50-35-39(27-34-52(50)57)38-25-28-42(29-26-38)58(43-30-32-48-46-20-10-13-23-53(46)59(55(48)36-43)40-15-5-3-6-16-40)44-31-33-49-47-21-11-14-24-54(47)60(56(49)37-44)41-17-7-4-8-18-41/h3-37H,1-2H3. The Labute approximate surface area is 349 Å². The van der Waals surface area contributed by atoms with E-state index < -0.39 is 0 Å². The molecule has 9 aromatic carbocycles. The second-order valence-electron chi connectivity index (χ2n) is 16.6. The fourth-order valence-electron chi connectivity index (χ4n) is 10.1. The van der Waals surface area contributed by atoms with E-state index in [0.717, 1.165) is 28.4 Å². The van der Waals surface area contributed by atoms with Crippen LogP contribution in [0.15, 0.2) is 212 Å². The van der Waals surface area contributed by atoms with Gasteiger partial charge in [-0.1, -0.05) is 147 Å². The van der Waals surface area contributed by atoms with Crippen molar-refractivity contribution in [2.24, 2.45) is 0 Å². The summed E-state index contributed by atoms with van der Waals surface area (Å²) in [6.45, 7) is 4.68. The van der Waals surface area contributed by atoms with Crippen LogP contribution in [0.1, 0.15) is 25.0 Å². The van der Waals surface area contributed by atoms with Crippen LogP contribution in [0.25, 0.3) is 77.2 Å². The summed E-state index contributed by atoms with van der Waals surface area (Å²) < 4.78 is 4.80. The number of hydrogen-bond donors (Lipinski definition) is 0. The highest BCUT2D eigenvalue weighted by Gasteiger charge is 2.35. The van der Waals surface area contributed by atoms with Crippen LogP contribution in [-0.4, -0.2) is 9.13 Å². The van der Waals surface area contributed by atoms with Gasteiger partial charge in [0.15, 0.2) is 0 Å². The number of anilines is 3. The zero-order chi connectivity index (χ0) is 40.0. The summed E-state index contributed by atoms with van der Waals surface area (Å²) in [4.78, 5) is 2.42. The Hall–Kier alpha value is -7.62. The summed E-state index contributed by atoms with van der Waals surface area (Å²) in [5.74, 6) is 0. The van der Waals surface area contributed by atoms with Crippen molar-refractivity contribution >= 4 is 60.7 Å². The minimum absolute atomic E-state index is 0.0184. The zero-order valence-corrected chi connectivity index (χ0v) is 33.5. The predicted octanol–water partition coefficient (Wildman–Crippen LogP) is 15.3. The molecule has 2 heterocycles. The van der Waals surface area contributed by atoms with Gasteiger partial charge in [0, 0.05) is 55.4 Å². The molecule has 0 bridgehead atoms. The van der Waals surface area contributed by atoms with E-state index in [4.69, 9.17) is 0 Å². The molecule has 0 saturated heterocycles. The lowest BCUT2D eigenvalue weighted by Gasteiger charge is -2.26. The molecular formula is C57H41N3. The van der Waals surface area contributed by atoms with Gasteiger partial charge in [0.25, 0.3) is 0 Å². The van der Waals surface area contributed by atoms with Crippen LogP contribution in [0.2, 0.25) is 0 Å². The molecule has 0 atom stereocenters. The topological polar surface area (TPSA) is 13.1 Å². The van der Waals surface area contributed by atoms with Crippen LogP contribution in [0, 0.1) is 0 Å². The largest absolute Gasteiger partial charge is 0.310 e. The Morgan fingerprint density at radius 3 is 1.37 bits per heavy atom. The van der Waals surface area contributed by atoms with E-state index in [-0.39, 0.29) is 5.41 Å². The van der Waals surface area contributed by atoms with E-state index in [1.807, 2.05) is 0 Å². The van der Waals surface area contributed by atoms with Crippen molar-refractivity contribution in [2.75, 3.05) is 4.90 Å². The molecule has 284 valence electrons. The second kappa shape index (κ2) is 13.2. The van der Waals surface area contributed by atoms with E-state index >= 15 is 0 Å². The molecular weight excluding hydrogens is 727 g/mol. The average Bonchev–Trinajstić information content (AvgIpc) is 3.89. The fourth-order valence-corrected chi connectivity index (χ4v) is 10.1. The monoisotopic (exact) mass is 767 g/mol. The van der Waals surface area contributed by atoms with E-state index in [0.29, 0.717) is 0 Å². The molecule has 3 heteroatoms. The maximum absolute atomic E-state index is 2.42. The Kier molecular flexibility index (Phi) is 7.58. The molecule has 0 N–H and O–H groups in total. The molecule has 3 nitrogen and oxygen atoms in total. The van der Waals surface area contributed by atoms with Gasteiger partial charge in [0.1, 0.15) is 0 Å². The highest BCUT2D eigenvalue weighted by molar-refractivity contribution is 6.12. The lowest BCUT2D eigenvalue weighted by molar-refractivity contribution is 0.660. The van der Waals surface area contributed by atoms with Gasteiger partial charge in [0.2, 0.25) is 0 Å². The molecule has 12 rings (SSSR count). The van der Waals surface area contributed by atoms with Gasteiger partial charge in [-0.15, -0.1) is 0 Å². The number of hydrogen-bond acceptors (Lipinski definition) is 1. The summed E-state index contributed by atoms with van der Waals surface area (Å²) in [6, 6.07) is 77.9. The Balaban J connectivity index is 1.06. The Bertz CT molecular complexity index is 3290. The molecule has 0 spiro atoms. The molecule has 1 aliphatic carbocycles. The van der Waals surface area contributed by atoms with E-state index in [1.165, 1.54) is 77.0 Å². The maximum Gasteiger partial charge on any atom is 0.0561 e. The van der Waals surface area contributed by atoms with Gasteiger partial charge in [-0.05, 0) is 112 Å². The summed E-state index contributed by atoms with van der Waals surface area (Å²) in [5, 5.41) is 4.95. The first-order valence-electron chi connectivity index (χ1n) is 20.9. The van der Waals surface area contributed by atoms with E-state index in [2.05, 4.69) is 240 Å². The smallest absolute Gasteiger partial charge is 0.0561 e. The van der Waals surface area contributed by atoms with Gasteiger partial charge in [-0.3, -0.25) is 0 Å². The van der Waals surface area contributed by atoms with E-state index in [9.17, 15) is 0 Å². The maximum atomic E-state index is 2.42. The van der Waals surface area contributed by atoms with Crippen molar-refractivity contribution in [2.45, 2.75) is 19.3 Å². The molecule has 0 radical (unpaired) electrons. The average molecular weight is 768 g/mol. The first-order valence-corrected chi connectivity index (χ1v) is 20.9. The zero-order valence-electron chi connectivity index (χ0n) is 33.5. The number of benzene rings is 9. The van der Waals surface area contributed by atoms with Gasteiger partial charge in [-0.2, -0.15) is 0 Å². The Morgan fingerprint density at radius 2 is 0.783 bits per heavy atom. The molecule has 60 heavy (non-hydrogen) atoms. The van der Waals surface area contributed by atoms with Crippen LogP contribution in [0.3, 0.4) is 0 Å². The third kappa shape index (κ3) is 5.15. The summed E-state index contributed by atoms with van der Waals surface area (Å²) >= 11 is 0. The first kappa shape index (κ1) is 34.4. The number of para-hydroxylation sites is 4. The van der Waals surface area contributed by atoms with E-state index in [1.54, 1.807) is 0 Å². The van der Waals surface area contributed by atoms with Crippen molar-refractivity contribution < 1.29 is 0 Å². The summed E-state index contributed by atoms with van der Waals surface area (Å²) in [7, 11) is 0. The normalized spacial score (nSPS) is 13.0. The van der Waals surface area contributed by atoms with Crippen LogP contribution < -0.4 is 4.90 Å². The van der Waals surface area contributed by atoms with Gasteiger partial charge < -0.3 is 14.0 Å². The van der Waals surface area contributed by atoms with Gasteiger partial charge in [0.05, 0.1) is 22.1 Å². The van der Waals surface area contributed by atoms with Crippen molar-refractivity contribution in [1.29, 1.82) is 0 Å². The number of rotatable bonds is 6. The lowest BCUT2D eigenvalue weighted by Crippen LogP contribution is -2.14. The minimum Gasteiger partial charge on any atom is -0.310 e. The van der Waals surface area contributed by atoms with Crippen molar-refractivity contribution in [3.63, 3.8) is 0 Å². The van der Waals surface area contributed by atoms with Crippen molar-refractivity contribution in [1.82, 2.24) is 9.13 Å². The highest BCUT2D eigenvalue weighted by atomic mass is 15.1. The third-order valence-electron chi connectivity index (χ3n) is 12.9. The van der Waals surface area contributed by atoms with Crippen LogP contribution in [-0.2, 0) is 5.41 Å². The third-order valence-corrected chi connectivity index (χ3v) is 12.9. The molecule has 0 unspecified atom stereocenters. The second-order valence-corrected chi connectivity index (χ2v) is 16.6. The molecule has 11 aromatic rings. The first-order chi connectivity index (χ1) is 29.5. The highest BCUT2D eigenvalue weighted by Crippen LogP contribution is 2.50. The van der Waals surface area contributed by atoms with Crippen LogP contribution >= 0.6 is 0 Å². The number of fused-ring (bicyclic) bond motifs is 9. The Morgan fingerprint density at radius 1 is 0.333 bits per heavy atom. The number of nitrogens with zero attached hydrogens (tertiary/aromatic N) is 3.